The Kier molecular flexibility index (Phi) is 8.12. The molecule has 0 aromatic carbocycles. The van der Waals surface area contributed by atoms with Gasteiger partial charge in [-0.1, -0.05) is 0 Å². The highest BCUT2D eigenvalue weighted by atomic mass is 16.7. The molecule has 2 fully saturated rings. The highest BCUT2D eigenvalue weighted by Gasteiger charge is 2.51. The van der Waals surface area contributed by atoms with Crippen LogP contribution in [0.1, 0.15) is 0 Å². The van der Waals surface area contributed by atoms with Crippen molar-refractivity contribution in [1.82, 2.24) is 0 Å². The standard InChI is InChI=1S/C15H28O11/c1-21-5-7-8(17)9(18)13(23-3)15(25-7)26-11-6(4-16)24-14(20)12(22-2)10(11)19/h6-20H,4-5H2,1-3H3/t6?,7?,8-,9+,10?,11-,12?,13?,14-,15+/m1/s1. The molecule has 11 heteroatoms. The van der Waals surface area contributed by atoms with Gasteiger partial charge in [-0.15, -0.1) is 0 Å². The molecule has 0 aliphatic carbocycles. The first-order valence-electron chi connectivity index (χ1n) is 8.23. The second-order valence-corrected chi connectivity index (χ2v) is 6.22. The molecular formula is C15H28O11. The zero-order valence-electron chi connectivity index (χ0n) is 14.9. The molecule has 2 aliphatic rings. The second-order valence-electron chi connectivity index (χ2n) is 6.22. The lowest BCUT2D eigenvalue weighted by molar-refractivity contribution is -0.359. The van der Waals surface area contributed by atoms with Crippen molar-refractivity contribution in [1.29, 1.82) is 0 Å². The normalized spacial score (nSPS) is 47.1. The van der Waals surface area contributed by atoms with E-state index in [-0.39, 0.29) is 6.61 Å². The highest BCUT2D eigenvalue weighted by Crippen LogP contribution is 2.30. The van der Waals surface area contributed by atoms with E-state index >= 15 is 0 Å². The Hall–Kier alpha value is -0.440. The second kappa shape index (κ2) is 9.66. The zero-order chi connectivity index (χ0) is 19.4. The zero-order valence-corrected chi connectivity index (χ0v) is 14.9. The van der Waals surface area contributed by atoms with E-state index < -0.39 is 68.0 Å². The van der Waals surface area contributed by atoms with Crippen molar-refractivity contribution in [3.63, 3.8) is 0 Å². The molecule has 10 atom stereocenters. The molecule has 154 valence electrons. The molecule has 5 unspecified atom stereocenters. The number of ether oxygens (including phenoxy) is 6. The lowest BCUT2D eigenvalue weighted by Gasteiger charge is -2.46. The average molecular weight is 384 g/mol. The van der Waals surface area contributed by atoms with E-state index in [1.54, 1.807) is 0 Å². The lowest BCUT2D eigenvalue weighted by atomic mass is 9.97. The van der Waals surface area contributed by atoms with E-state index in [1.165, 1.54) is 21.3 Å². The van der Waals surface area contributed by atoms with Gasteiger partial charge in [-0.05, 0) is 0 Å². The van der Waals surface area contributed by atoms with Crippen LogP contribution in [0.25, 0.3) is 0 Å². The Bertz CT molecular complexity index is 422. The van der Waals surface area contributed by atoms with Gasteiger partial charge in [-0.25, -0.2) is 0 Å². The third kappa shape index (κ3) is 4.34. The van der Waals surface area contributed by atoms with E-state index in [4.69, 9.17) is 28.4 Å². The molecule has 0 aromatic rings. The average Bonchev–Trinajstić information content (AvgIpc) is 2.62. The van der Waals surface area contributed by atoms with Gasteiger partial charge in [0, 0.05) is 21.3 Å². The summed E-state index contributed by atoms with van der Waals surface area (Å²) in [5, 5.41) is 50.1. The van der Waals surface area contributed by atoms with Crippen LogP contribution in [-0.2, 0) is 28.4 Å². The van der Waals surface area contributed by atoms with Crippen molar-refractivity contribution in [3.8, 4) is 0 Å². The van der Waals surface area contributed by atoms with Crippen LogP contribution in [-0.4, -0.2) is 121 Å². The molecule has 5 N–H and O–H groups in total. The summed E-state index contributed by atoms with van der Waals surface area (Å²) in [5.74, 6) is 0. The molecule has 0 amide bonds. The molecule has 2 saturated heterocycles. The van der Waals surface area contributed by atoms with Crippen LogP contribution in [0.3, 0.4) is 0 Å². The van der Waals surface area contributed by atoms with Crippen LogP contribution >= 0.6 is 0 Å². The quantitative estimate of drug-likeness (QED) is 0.298. The highest BCUT2D eigenvalue weighted by molar-refractivity contribution is 4.94. The summed E-state index contributed by atoms with van der Waals surface area (Å²) in [5.41, 5.74) is 0. The monoisotopic (exact) mass is 384 g/mol. The van der Waals surface area contributed by atoms with E-state index in [1.807, 2.05) is 0 Å². The molecule has 0 bridgehead atoms. The van der Waals surface area contributed by atoms with Gasteiger partial charge in [0.2, 0.25) is 0 Å². The fraction of sp³-hybridized carbons (Fsp3) is 1.00. The number of methoxy groups -OCH3 is 3. The lowest BCUT2D eigenvalue weighted by Crippen LogP contribution is -2.65. The van der Waals surface area contributed by atoms with Crippen LogP contribution in [0.4, 0.5) is 0 Å². The summed E-state index contributed by atoms with van der Waals surface area (Å²) in [7, 11) is 3.99. The Labute approximate surface area is 150 Å². The van der Waals surface area contributed by atoms with E-state index in [0.29, 0.717) is 0 Å². The molecule has 0 radical (unpaired) electrons. The predicted octanol–water partition coefficient (Wildman–Crippen LogP) is -3.43. The minimum atomic E-state index is -1.45. The summed E-state index contributed by atoms with van der Waals surface area (Å²) in [4.78, 5) is 0. The fourth-order valence-electron chi connectivity index (χ4n) is 3.20. The number of hydrogen-bond donors (Lipinski definition) is 5. The van der Waals surface area contributed by atoms with Crippen LogP contribution in [0, 0.1) is 0 Å². The molecular weight excluding hydrogens is 356 g/mol. The van der Waals surface area contributed by atoms with Gasteiger partial charge in [-0.3, -0.25) is 0 Å². The molecule has 2 aliphatic heterocycles. The third-order valence-corrected chi connectivity index (χ3v) is 4.63. The maximum Gasteiger partial charge on any atom is 0.187 e. The Morgan fingerprint density at radius 2 is 1.42 bits per heavy atom. The predicted molar refractivity (Wildman–Crippen MR) is 83.0 cm³/mol. The van der Waals surface area contributed by atoms with Gasteiger partial charge < -0.3 is 54.0 Å². The number of rotatable bonds is 7. The van der Waals surface area contributed by atoms with Gasteiger partial charge in [-0.2, -0.15) is 0 Å². The first kappa shape index (κ1) is 21.9. The molecule has 0 saturated carbocycles. The summed E-state index contributed by atoms with van der Waals surface area (Å²) in [6, 6.07) is 0. The van der Waals surface area contributed by atoms with Crippen LogP contribution in [0.5, 0.6) is 0 Å². The first-order chi connectivity index (χ1) is 12.4. The summed E-state index contributed by atoms with van der Waals surface area (Å²) in [6.07, 6.45) is -11.9. The molecule has 0 aromatic heterocycles. The number of hydrogen-bond acceptors (Lipinski definition) is 11. The van der Waals surface area contributed by atoms with Gasteiger partial charge in [0.05, 0.1) is 13.2 Å². The maximum absolute atomic E-state index is 10.4. The third-order valence-electron chi connectivity index (χ3n) is 4.63. The fourth-order valence-corrected chi connectivity index (χ4v) is 3.20. The van der Waals surface area contributed by atoms with E-state index in [0.717, 1.165) is 0 Å². The minimum absolute atomic E-state index is 0.0128. The van der Waals surface area contributed by atoms with Crippen molar-refractivity contribution in [3.05, 3.63) is 0 Å². The van der Waals surface area contributed by atoms with Crippen LogP contribution < -0.4 is 0 Å². The summed E-state index contributed by atoms with van der Waals surface area (Å²) < 4.78 is 31.7. The van der Waals surface area contributed by atoms with Crippen molar-refractivity contribution in [2.75, 3.05) is 34.5 Å². The van der Waals surface area contributed by atoms with Gasteiger partial charge in [0.15, 0.2) is 12.6 Å². The number of aliphatic hydroxyl groups is 5. The Morgan fingerprint density at radius 1 is 0.769 bits per heavy atom. The van der Waals surface area contributed by atoms with Gasteiger partial charge in [0.25, 0.3) is 0 Å². The topological polar surface area (TPSA) is 157 Å². The Balaban J connectivity index is 2.18. The van der Waals surface area contributed by atoms with Crippen molar-refractivity contribution in [2.24, 2.45) is 0 Å². The maximum atomic E-state index is 10.4. The van der Waals surface area contributed by atoms with Crippen LogP contribution in [0.15, 0.2) is 0 Å². The smallest absolute Gasteiger partial charge is 0.187 e. The molecule has 26 heavy (non-hydrogen) atoms. The van der Waals surface area contributed by atoms with Crippen molar-refractivity contribution in [2.45, 2.75) is 61.4 Å². The summed E-state index contributed by atoms with van der Waals surface area (Å²) >= 11 is 0. The SMILES string of the molecule is COCC1O[C@@H](O[C@@H]2C(CO)O[C@@H](O)C(OC)C2O)C(OC)[C@@H](O)[C@@H]1O. The van der Waals surface area contributed by atoms with Crippen LogP contribution in [0.2, 0.25) is 0 Å². The van der Waals surface area contributed by atoms with E-state index in [9.17, 15) is 25.5 Å². The van der Waals surface area contributed by atoms with Gasteiger partial charge in [0.1, 0.15) is 48.8 Å². The minimum Gasteiger partial charge on any atom is -0.394 e. The molecule has 11 nitrogen and oxygen atoms in total. The molecule has 0 spiro atoms. The molecule has 2 heterocycles. The molecule has 2 rings (SSSR count). The van der Waals surface area contributed by atoms with Crippen molar-refractivity contribution >= 4 is 0 Å². The summed E-state index contributed by atoms with van der Waals surface area (Å²) in [6.45, 7) is -0.562. The van der Waals surface area contributed by atoms with E-state index in [2.05, 4.69) is 0 Å². The Morgan fingerprint density at radius 3 is 1.96 bits per heavy atom. The number of aliphatic hydroxyl groups excluding tert-OH is 5. The first-order valence-corrected chi connectivity index (χ1v) is 8.23. The van der Waals surface area contributed by atoms with Crippen molar-refractivity contribution < 1.29 is 54.0 Å². The van der Waals surface area contributed by atoms with Gasteiger partial charge >= 0.3 is 0 Å². The largest absolute Gasteiger partial charge is 0.394 e.